The maximum absolute atomic E-state index is 12.8. The Morgan fingerprint density at radius 3 is 2.65 bits per heavy atom. The minimum absolute atomic E-state index is 0.0574. The summed E-state index contributed by atoms with van der Waals surface area (Å²) in [5.41, 5.74) is 1.72. The lowest BCUT2D eigenvalue weighted by Crippen LogP contribution is -2.48. The van der Waals surface area contributed by atoms with Crippen molar-refractivity contribution < 1.29 is 9.59 Å². The van der Waals surface area contributed by atoms with Crippen LogP contribution in [0, 0.1) is 0 Å². The van der Waals surface area contributed by atoms with Crippen molar-refractivity contribution in [2.24, 2.45) is 0 Å². The first-order valence-electron chi connectivity index (χ1n) is 8.90. The van der Waals surface area contributed by atoms with Crippen LogP contribution in [0.25, 0.3) is 0 Å². The van der Waals surface area contributed by atoms with Crippen LogP contribution in [-0.4, -0.2) is 41.3 Å². The fourth-order valence-electron chi connectivity index (χ4n) is 3.44. The van der Waals surface area contributed by atoms with Crippen molar-refractivity contribution in [1.29, 1.82) is 0 Å². The van der Waals surface area contributed by atoms with Crippen LogP contribution in [0.1, 0.15) is 30.1 Å². The molecular formula is C20H24N4O2. The predicted octanol–water partition coefficient (Wildman–Crippen LogP) is 1.65. The Kier molecular flexibility index (Phi) is 5.96. The second-order valence-electron chi connectivity index (χ2n) is 6.36. The van der Waals surface area contributed by atoms with Gasteiger partial charge in [-0.2, -0.15) is 0 Å². The van der Waals surface area contributed by atoms with Gasteiger partial charge in [0.1, 0.15) is 6.04 Å². The zero-order chi connectivity index (χ0) is 18.4. The van der Waals surface area contributed by atoms with E-state index in [9.17, 15) is 9.59 Å². The summed E-state index contributed by atoms with van der Waals surface area (Å²) in [4.78, 5) is 31.5. The van der Waals surface area contributed by atoms with Gasteiger partial charge in [-0.3, -0.25) is 19.5 Å². The molecule has 0 aliphatic carbocycles. The van der Waals surface area contributed by atoms with Gasteiger partial charge >= 0.3 is 0 Å². The maximum Gasteiger partial charge on any atom is 0.241 e. The minimum atomic E-state index is -0.464. The molecule has 6 nitrogen and oxygen atoms in total. The standard InChI is InChI=1S/C20H24N4O2/c1-21-20(26)18(15-8-3-2-4-9-15)24-13-7-11-17(24)19(25)23-14-16-10-5-6-12-22-16/h2-6,8-10,12,17-18H,7,11,13-14H2,1H3,(H,21,26)(H,23,25)/t17-,18+/m0/s1. The molecule has 0 bridgehead atoms. The van der Waals surface area contributed by atoms with E-state index >= 15 is 0 Å². The molecule has 26 heavy (non-hydrogen) atoms. The van der Waals surface area contributed by atoms with Crippen molar-refractivity contribution in [1.82, 2.24) is 20.5 Å². The van der Waals surface area contributed by atoms with E-state index in [0.717, 1.165) is 24.1 Å². The van der Waals surface area contributed by atoms with E-state index in [-0.39, 0.29) is 17.9 Å². The third-order valence-electron chi connectivity index (χ3n) is 4.71. The number of carbonyl (C=O) groups excluding carboxylic acids is 2. The SMILES string of the molecule is CNC(=O)[C@@H](c1ccccc1)N1CCC[C@H]1C(=O)NCc1ccccn1. The van der Waals surface area contributed by atoms with Gasteiger partial charge in [-0.25, -0.2) is 0 Å². The monoisotopic (exact) mass is 352 g/mol. The van der Waals surface area contributed by atoms with Gasteiger partial charge in [0.05, 0.1) is 18.3 Å². The number of pyridine rings is 1. The summed E-state index contributed by atoms with van der Waals surface area (Å²) >= 11 is 0. The van der Waals surface area contributed by atoms with Gasteiger partial charge in [-0.05, 0) is 30.5 Å². The highest BCUT2D eigenvalue weighted by atomic mass is 16.2. The molecule has 1 aliphatic heterocycles. The Morgan fingerprint density at radius 2 is 1.96 bits per heavy atom. The van der Waals surface area contributed by atoms with E-state index in [1.165, 1.54) is 0 Å². The fraction of sp³-hybridized carbons (Fsp3) is 0.350. The van der Waals surface area contributed by atoms with E-state index in [4.69, 9.17) is 0 Å². The molecule has 2 aromatic rings. The molecule has 2 N–H and O–H groups in total. The summed E-state index contributed by atoms with van der Waals surface area (Å²) in [6.07, 6.45) is 3.34. The van der Waals surface area contributed by atoms with Crippen LogP contribution in [0.4, 0.5) is 0 Å². The van der Waals surface area contributed by atoms with Gasteiger partial charge in [-0.1, -0.05) is 36.4 Å². The molecule has 2 amide bonds. The quantitative estimate of drug-likeness (QED) is 0.829. The van der Waals surface area contributed by atoms with Gasteiger partial charge in [0.25, 0.3) is 0 Å². The number of likely N-dealkylation sites (N-methyl/N-ethyl adjacent to an activating group) is 1. The molecule has 0 unspecified atom stereocenters. The molecule has 3 rings (SSSR count). The van der Waals surface area contributed by atoms with Gasteiger partial charge < -0.3 is 10.6 Å². The molecule has 0 spiro atoms. The van der Waals surface area contributed by atoms with Crippen molar-refractivity contribution in [3.63, 3.8) is 0 Å². The molecule has 0 saturated carbocycles. The van der Waals surface area contributed by atoms with Crippen molar-refractivity contribution in [2.75, 3.05) is 13.6 Å². The Morgan fingerprint density at radius 1 is 1.19 bits per heavy atom. The normalized spacial score (nSPS) is 18.3. The molecule has 2 heterocycles. The van der Waals surface area contributed by atoms with Crippen LogP contribution in [-0.2, 0) is 16.1 Å². The molecule has 136 valence electrons. The van der Waals surface area contributed by atoms with E-state index in [2.05, 4.69) is 15.6 Å². The summed E-state index contributed by atoms with van der Waals surface area (Å²) in [6.45, 7) is 1.11. The third kappa shape index (κ3) is 4.08. The first-order valence-corrected chi connectivity index (χ1v) is 8.90. The molecule has 2 atom stereocenters. The zero-order valence-electron chi connectivity index (χ0n) is 14.9. The number of hydrogen-bond acceptors (Lipinski definition) is 4. The molecule has 1 aromatic heterocycles. The van der Waals surface area contributed by atoms with Crippen LogP contribution in [0.3, 0.4) is 0 Å². The molecule has 0 radical (unpaired) electrons. The third-order valence-corrected chi connectivity index (χ3v) is 4.71. The topological polar surface area (TPSA) is 74.3 Å². The zero-order valence-corrected chi connectivity index (χ0v) is 14.9. The number of benzene rings is 1. The van der Waals surface area contributed by atoms with Crippen LogP contribution in [0.5, 0.6) is 0 Å². The highest BCUT2D eigenvalue weighted by Crippen LogP contribution is 2.30. The van der Waals surface area contributed by atoms with E-state index in [0.29, 0.717) is 13.1 Å². The van der Waals surface area contributed by atoms with Crippen molar-refractivity contribution in [2.45, 2.75) is 31.5 Å². The van der Waals surface area contributed by atoms with Crippen molar-refractivity contribution in [3.8, 4) is 0 Å². The first kappa shape index (κ1) is 18.1. The molecule has 6 heteroatoms. The molecular weight excluding hydrogens is 328 g/mol. The van der Waals surface area contributed by atoms with Crippen LogP contribution in [0.15, 0.2) is 54.7 Å². The maximum atomic E-state index is 12.8. The largest absolute Gasteiger partial charge is 0.358 e. The smallest absolute Gasteiger partial charge is 0.241 e. The first-order chi connectivity index (χ1) is 12.7. The number of hydrogen-bond donors (Lipinski definition) is 2. The number of carbonyl (C=O) groups is 2. The lowest BCUT2D eigenvalue weighted by molar-refractivity contribution is -0.131. The van der Waals surface area contributed by atoms with E-state index in [1.807, 2.05) is 53.4 Å². The average Bonchev–Trinajstić information content (AvgIpc) is 3.17. The van der Waals surface area contributed by atoms with Gasteiger partial charge in [0.2, 0.25) is 11.8 Å². The number of nitrogens with zero attached hydrogens (tertiary/aromatic N) is 2. The summed E-state index contributed by atoms with van der Waals surface area (Å²) < 4.78 is 0. The summed E-state index contributed by atoms with van der Waals surface area (Å²) in [7, 11) is 1.63. The van der Waals surface area contributed by atoms with Gasteiger partial charge in [-0.15, -0.1) is 0 Å². The number of amides is 2. The average molecular weight is 352 g/mol. The van der Waals surface area contributed by atoms with Crippen molar-refractivity contribution >= 4 is 11.8 Å². The van der Waals surface area contributed by atoms with E-state index < -0.39 is 6.04 Å². The lowest BCUT2D eigenvalue weighted by atomic mass is 10.0. The number of nitrogens with one attached hydrogen (secondary N) is 2. The highest BCUT2D eigenvalue weighted by Gasteiger charge is 2.38. The highest BCUT2D eigenvalue weighted by molar-refractivity contribution is 5.86. The fourth-order valence-corrected chi connectivity index (χ4v) is 3.44. The summed E-state index contributed by atoms with van der Waals surface area (Å²) in [5, 5.41) is 5.69. The molecule has 1 saturated heterocycles. The van der Waals surface area contributed by atoms with Crippen molar-refractivity contribution in [3.05, 3.63) is 66.0 Å². The molecule has 1 aliphatic rings. The second-order valence-corrected chi connectivity index (χ2v) is 6.36. The minimum Gasteiger partial charge on any atom is -0.358 e. The Bertz CT molecular complexity index is 736. The number of aromatic nitrogens is 1. The Balaban J connectivity index is 1.74. The summed E-state index contributed by atoms with van der Waals surface area (Å²) in [6, 6.07) is 14.5. The molecule has 1 aromatic carbocycles. The van der Waals surface area contributed by atoms with Gasteiger partial charge in [0.15, 0.2) is 0 Å². The lowest BCUT2D eigenvalue weighted by Gasteiger charge is -2.31. The van der Waals surface area contributed by atoms with E-state index in [1.54, 1.807) is 13.2 Å². The summed E-state index contributed by atoms with van der Waals surface area (Å²) in [5.74, 6) is -0.154. The van der Waals surface area contributed by atoms with Gasteiger partial charge in [0, 0.05) is 19.8 Å². The number of likely N-dealkylation sites (tertiary alicyclic amines) is 1. The van der Waals surface area contributed by atoms with Crippen LogP contribution < -0.4 is 10.6 Å². The van der Waals surface area contributed by atoms with Crippen LogP contribution in [0.2, 0.25) is 0 Å². The second kappa shape index (κ2) is 8.58. The predicted molar refractivity (Wildman–Crippen MR) is 99.1 cm³/mol. The Labute approximate surface area is 153 Å². The Hall–Kier alpha value is -2.73. The number of rotatable bonds is 6. The van der Waals surface area contributed by atoms with Crippen LogP contribution >= 0.6 is 0 Å². The molecule has 1 fully saturated rings.